The highest BCUT2D eigenvalue weighted by Gasteiger charge is 2.27. The molecule has 1 saturated heterocycles. The van der Waals surface area contributed by atoms with Crippen LogP contribution in [-0.4, -0.2) is 19.2 Å². The fraction of sp³-hybridized carbons (Fsp3) is 0.600. The van der Waals surface area contributed by atoms with Crippen molar-refractivity contribution in [2.75, 3.05) is 13.1 Å². The van der Waals surface area contributed by atoms with Gasteiger partial charge in [-0.25, -0.2) is 4.39 Å². The van der Waals surface area contributed by atoms with Crippen molar-refractivity contribution in [3.63, 3.8) is 0 Å². The van der Waals surface area contributed by atoms with Crippen LogP contribution in [0.2, 0.25) is 0 Å². The van der Waals surface area contributed by atoms with Crippen LogP contribution < -0.4 is 5.32 Å². The number of hydrogen-bond donors (Lipinski definition) is 1. The Labute approximate surface area is 109 Å². The van der Waals surface area contributed by atoms with Gasteiger partial charge in [0.15, 0.2) is 0 Å². The Kier molecular flexibility index (Phi) is 4.72. The number of nitrogens with one attached hydrogen (secondary N) is 1. The van der Waals surface area contributed by atoms with E-state index < -0.39 is 0 Å². The monoisotopic (exact) mass is 251 g/mol. The van der Waals surface area contributed by atoms with Gasteiger partial charge in [0.05, 0.1) is 12.2 Å². The highest BCUT2D eigenvalue weighted by atomic mass is 19.1. The first-order chi connectivity index (χ1) is 8.74. The number of halogens is 1. The largest absolute Gasteiger partial charge is 0.367 e. The molecule has 1 fully saturated rings. The lowest BCUT2D eigenvalue weighted by atomic mass is 9.94. The molecule has 0 amide bonds. The lowest BCUT2D eigenvalue weighted by Crippen LogP contribution is -2.44. The van der Waals surface area contributed by atoms with E-state index in [-0.39, 0.29) is 18.0 Å². The van der Waals surface area contributed by atoms with E-state index in [4.69, 9.17) is 4.74 Å². The SMILES string of the molecule is CCC(CC)C1CNCC(c2cccc(F)c2)O1. The van der Waals surface area contributed by atoms with Crippen LogP contribution in [0, 0.1) is 11.7 Å². The van der Waals surface area contributed by atoms with Crippen molar-refractivity contribution in [1.82, 2.24) is 5.32 Å². The predicted molar refractivity (Wildman–Crippen MR) is 71.0 cm³/mol. The molecule has 2 rings (SSSR count). The zero-order valence-electron chi connectivity index (χ0n) is 11.2. The van der Waals surface area contributed by atoms with Crippen molar-refractivity contribution in [2.24, 2.45) is 5.92 Å². The fourth-order valence-electron chi connectivity index (χ4n) is 2.66. The van der Waals surface area contributed by atoms with E-state index in [0.717, 1.165) is 31.5 Å². The van der Waals surface area contributed by atoms with Gasteiger partial charge in [-0.3, -0.25) is 0 Å². The van der Waals surface area contributed by atoms with Crippen molar-refractivity contribution < 1.29 is 9.13 Å². The maximum absolute atomic E-state index is 13.2. The summed E-state index contributed by atoms with van der Waals surface area (Å²) in [6.07, 6.45) is 2.46. The Morgan fingerprint density at radius 3 is 2.78 bits per heavy atom. The average molecular weight is 251 g/mol. The molecule has 3 heteroatoms. The van der Waals surface area contributed by atoms with Gasteiger partial charge in [-0.15, -0.1) is 0 Å². The summed E-state index contributed by atoms with van der Waals surface area (Å²) in [6.45, 7) is 6.06. The summed E-state index contributed by atoms with van der Waals surface area (Å²) in [5.41, 5.74) is 0.929. The molecule has 1 aliphatic heterocycles. The molecule has 0 aliphatic carbocycles. The van der Waals surface area contributed by atoms with Crippen LogP contribution in [0.4, 0.5) is 4.39 Å². The third kappa shape index (κ3) is 3.09. The van der Waals surface area contributed by atoms with Gasteiger partial charge < -0.3 is 10.1 Å². The van der Waals surface area contributed by atoms with Crippen LogP contribution in [0.5, 0.6) is 0 Å². The maximum Gasteiger partial charge on any atom is 0.123 e. The van der Waals surface area contributed by atoms with Crippen LogP contribution in [0.15, 0.2) is 24.3 Å². The van der Waals surface area contributed by atoms with Crippen molar-refractivity contribution in [3.05, 3.63) is 35.6 Å². The second kappa shape index (κ2) is 6.30. The van der Waals surface area contributed by atoms with Gasteiger partial charge >= 0.3 is 0 Å². The fourth-order valence-corrected chi connectivity index (χ4v) is 2.66. The Hall–Kier alpha value is -0.930. The summed E-state index contributed by atoms with van der Waals surface area (Å²) in [5, 5.41) is 3.40. The minimum Gasteiger partial charge on any atom is -0.367 e. The molecule has 0 aromatic heterocycles. The van der Waals surface area contributed by atoms with Crippen LogP contribution in [0.1, 0.15) is 38.4 Å². The smallest absolute Gasteiger partial charge is 0.123 e. The Bertz CT molecular complexity index is 379. The summed E-state index contributed by atoms with van der Waals surface area (Å²) >= 11 is 0. The molecule has 18 heavy (non-hydrogen) atoms. The van der Waals surface area contributed by atoms with E-state index in [1.807, 2.05) is 6.07 Å². The van der Waals surface area contributed by atoms with Crippen molar-refractivity contribution >= 4 is 0 Å². The van der Waals surface area contributed by atoms with Crippen LogP contribution >= 0.6 is 0 Å². The highest BCUT2D eigenvalue weighted by molar-refractivity contribution is 5.19. The third-order valence-electron chi connectivity index (χ3n) is 3.81. The quantitative estimate of drug-likeness (QED) is 0.886. The number of rotatable bonds is 4. The summed E-state index contributed by atoms with van der Waals surface area (Å²) in [6, 6.07) is 6.72. The first kappa shape index (κ1) is 13.5. The number of hydrogen-bond acceptors (Lipinski definition) is 2. The van der Waals surface area contributed by atoms with Gasteiger partial charge in [0.2, 0.25) is 0 Å². The van der Waals surface area contributed by atoms with Crippen LogP contribution in [0.3, 0.4) is 0 Å². The van der Waals surface area contributed by atoms with Gasteiger partial charge in [-0.05, 0) is 23.6 Å². The molecule has 1 aromatic rings. The zero-order chi connectivity index (χ0) is 13.0. The summed E-state index contributed by atoms with van der Waals surface area (Å²) in [4.78, 5) is 0. The Morgan fingerprint density at radius 2 is 2.11 bits per heavy atom. The van der Waals surface area contributed by atoms with E-state index in [2.05, 4.69) is 19.2 Å². The molecule has 1 N–H and O–H groups in total. The first-order valence-corrected chi connectivity index (χ1v) is 6.86. The van der Waals surface area contributed by atoms with Gasteiger partial charge in [-0.2, -0.15) is 0 Å². The molecular formula is C15H22FNO. The molecular weight excluding hydrogens is 229 g/mol. The Balaban J connectivity index is 2.06. The maximum atomic E-state index is 13.2. The van der Waals surface area contributed by atoms with Crippen molar-refractivity contribution in [3.8, 4) is 0 Å². The van der Waals surface area contributed by atoms with Crippen molar-refractivity contribution in [1.29, 1.82) is 0 Å². The Morgan fingerprint density at radius 1 is 1.33 bits per heavy atom. The second-order valence-corrected chi connectivity index (χ2v) is 4.95. The molecule has 2 unspecified atom stereocenters. The van der Waals surface area contributed by atoms with Crippen molar-refractivity contribution in [2.45, 2.75) is 38.9 Å². The number of morpholine rings is 1. The molecule has 0 spiro atoms. The minimum absolute atomic E-state index is 0.0277. The summed E-state index contributed by atoms with van der Waals surface area (Å²) in [5.74, 6) is 0.384. The van der Waals surface area contributed by atoms with E-state index in [0.29, 0.717) is 5.92 Å². The zero-order valence-corrected chi connectivity index (χ0v) is 11.2. The lowest BCUT2D eigenvalue weighted by Gasteiger charge is -2.35. The van der Waals surface area contributed by atoms with Gasteiger partial charge in [0, 0.05) is 13.1 Å². The van der Waals surface area contributed by atoms with Gasteiger partial charge in [0.25, 0.3) is 0 Å². The van der Waals surface area contributed by atoms with Crippen LogP contribution in [-0.2, 0) is 4.74 Å². The number of ether oxygens (including phenoxy) is 1. The lowest BCUT2D eigenvalue weighted by molar-refractivity contribution is -0.0689. The predicted octanol–water partition coefficient (Wildman–Crippen LogP) is 3.29. The van der Waals surface area contributed by atoms with Crippen LogP contribution in [0.25, 0.3) is 0 Å². The molecule has 1 heterocycles. The van der Waals surface area contributed by atoms with E-state index in [1.54, 1.807) is 12.1 Å². The molecule has 0 radical (unpaired) electrons. The first-order valence-electron chi connectivity index (χ1n) is 6.86. The van der Waals surface area contributed by atoms with Gasteiger partial charge in [-0.1, -0.05) is 38.8 Å². The molecule has 0 bridgehead atoms. The molecule has 100 valence electrons. The molecule has 2 atom stereocenters. The summed E-state index contributed by atoms with van der Waals surface area (Å²) < 4.78 is 19.4. The standard InChI is InChI=1S/C15H22FNO/c1-3-11(4-2)14-9-17-10-15(18-14)12-6-5-7-13(16)8-12/h5-8,11,14-15,17H,3-4,9-10H2,1-2H3. The summed E-state index contributed by atoms with van der Waals surface area (Å²) in [7, 11) is 0. The van der Waals surface area contributed by atoms with E-state index >= 15 is 0 Å². The van der Waals surface area contributed by atoms with Gasteiger partial charge in [0.1, 0.15) is 5.82 Å². The second-order valence-electron chi connectivity index (χ2n) is 4.95. The normalized spacial score (nSPS) is 24.4. The molecule has 1 aromatic carbocycles. The van der Waals surface area contributed by atoms with E-state index in [1.165, 1.54) is 6.07 Å². The molecule has 0 saturated carbocycles. The third-order valence-corrected chi connectivity index (χ3v) is 3.81. The molecule has 1 aliphatic rings. The number of benzene rings is 1. The molecule has 2 nitrogen and oxygen atoms in total. The average Bonchev–Trinajstić information content (AvgIpc) is 2.41. The topological polar surface area (TPSA) is 21.3 Å². The van der Waals surface area contributed by atoms with E-state index in [9.17, 15) is 4.39 Å². The minimum atomic E-state index is -0.194. The highest BCUT2D eigenvalue weighted by Crippen LogP contribution is 2.27.